The van der Waals surface area contributed by atoms with Crippen LogP contribution < -0.4 is 10.0 Å². The van der Waals surface area contributed by atoms with Crippen molar-refractivity contribution in [3.8, 4) is 0 Å². The first kappa shape index (κ1) is 22.7. The summed E-state index contributed by atoms with van der Waals surface area (Å²) in [6.07, 6.45) is 1.73. The van der Waals surface area contributed by atoms with Gasteiger partial charge >= 0.3 is 0 Å². The molecule has 0 radical (unpaired) electrons. The van der Waals surface area contributed by atoms with Crippen molar-refractivity contribution in [3.63, 3.8) is 0 Å². The molecule has 30 heavy (non-hydrogen) atoms. The predicted molar refractivity (Wildman–Crippen MR) is 116 cm³/mol. The van der Waals surface area contributed by atoms with Gasteiger partial charge in [-0.2, -0.15) is 0 Å². The Morgan fingerprint density at radius 2 is 1.97 bits per heavy atom. The van der Waals surface area contributed by atoms with E-state index in [1.807, 2.05) is 11.8 Å². The van der Waals surface area contributed by atoms with E-state index in [0.717, 1.165) is 24.9 Å². The third kappa shape index (κ3) is 6.25. The van der Waals surface area contributed by atoms with Crippen LogP contribution in [0.4, 0.5) is 10.1 Å². The minimum absolute atomic E-state index is 0.0481. The highest BCUT2D eigenvalue weighted by Gasteiger charge is 2.24. The summed E-state index contributed by atoms with van der Waals surface area (Å²) >= 11 is 5.85. The van der Waals surface area contributed by atoms with Crippen LogP contribution in [0.25, 0.3) is 0 Å². The van der Waals surface area contributed by atoms with E-state index in [4.69, 9.17) is 11.6 Å². The number of likely N-dealkylation sites (tertiary alicyclic amines) is 1. The van der Waals surface area contributed by atoms with Gasteiger partial charge in [0, 0.05) is 18.1 Å². The Labute approximate surface area is 181 Å². The van der Waals surface area contributed by atoms with E-state index in [1.165, 1.54) is 18.2 Å². The second-order valence-corrected chi connectivity index (χ2v) is 9.78. The summed E-state index contributed by atoms with van der Waals surface area (Å²) in [4.78, 5) is 14.5. The minimum atomic E-state index is -3.57. The number of carbonyl (C=O) groups excluding carboxylic acids is 1. The Morgan fingerprint density at radius 1 is 1.23 bits per heavy atom. The number of rotatable bonds is 7. The van der Waals surface area contributed by atoms with Crippen molar-refractivity contribution in [2.24, 2.45) is 5.92 Å². The number of hydrogen-bond donors (Lipinski definition) is 2. The van der Waals surface area contributed by atoms with Crippen molar-refractivity contribution in [2.45, 2.75) is 24.7 Å². The highest BCUT2D eigenvalue weighted by Crippen LogP contribution is 2.20. The molecular formula is C21H25ClFN3O3S. The second kappa shape index (κ2) is 9.87. The minimum Gasteiger partial charge on any atom is -0.322 e. The Kier molecular flexibility index (Phi) is 7.46. The van der Waals surface area contributed by atoms with Crippen molar-refractivity contribution in [1.29, 1.82) is 0 Å². The van der Waals surface area contributed by atoms with Gasteiger partial charge < -0.3 is 5.32 Å². The second-order valence-electron chi connectivity index (χ2n) is 7.58. The summed E-state index contributed by atoms with van der Waals surface area (Å²) in [5.41, 5.74) is 1.04. The first-order chi connectivity index (χ1) is 14.2. The molecule has 6 nitrogen and oxygen atoms in total. The maximum Gasteiger partial charge on any atom is 0.240 e. The lowest BCUT2D eigenvalue weighted by molar-refractivity contribution is -0.117. The van der Waals surface area contributed by atoms with Gasteiger partial charge in [-0.3, -0.25) is 9.69 Å². The van der Waals surface area contributed by atoms with Crippen LogP contribution in [0.3, 0.4) is 0 Å². The van der Waals surface area contributed by atoms with Gasteiger partial charge in [-0.05, 0) is 62.6 Å². The molecule has 1 amide bonds. The molecule has 1 fully saturated rings. The van der Waals surface area contributed by atoms with Crippen LogP contribution in [0.1, 0.15) is 18.4 Å². The smallest absolute Gasteiger partial charge is 0.240 e. The third-order valence-corrected chi connectivity index (χ3v) is 6.74. The number of anilines is 1. The molecule has 1 aliphatic heterocycles. The quantitative estimate of drug-likeness (QED) is 0.673. The molecule has 1 unspecified atom stereocenters. The number of aryl methyl sites for hydroxylation is 1. The van der Waals surface area contributed by atoms with E-state index in [1.54, 1.807) is 24.3 Å². The van der Waals surface area contributed by atoms with Gasteiger partial charge in [-0.15, -0.1) is 0 Å². The average Bonchev–Trinajstić information content (AvgIpc) is 2.70. The van der Waals surface area contributed by atoms with Crippen molar-refractivity contribution in [2.75, 3.05) is 31.5 Å². The van der Waals surface area contributed by atoms with Crippen LogP contribution in [0.5, 0.6) is 0 Å². The zero-order valence-corrected chi connectivity index (χ0v) is 18.3. The average molecular weight is 454 g/mol. The van der Waals surface area contributed by atoms with Crippen molar-refractivity contribution in [1.82, 2.24) is 9.62 Å². The van der Waals surface area contributed by atoms with E-state index in [9.17, 15) is 17.6 Å². The molecule has 0 bridgehead atoms. The SMILES string of the molecule is Cc1ccc(S(=O)(=O)NCC2CCCN(CC(=O)Nc3cc(Cl)ccc3F)C2)cc1. The summed E-state index contributed by atoms with van der Waals surface area (Å²) in [6, 6.07) is 10.7. The zero-order valence-electron chi connectivity index (χ0n) is 16.7. The lowest BCUT2D eigenvalue weighted by Gasteiger charge is -2.32. The monoisotopic (exact) mass is 453 g/mol. The number of hydrogen-bond acceptors (Lipinski definition) is 4. The summed E-state index contributed by atoms with van der Waals surface area (Å²) in [5, 5.41) is 2.88. The molecule has 1 atom stereocenters. The largest absolute Gasteiger partial charge is 0.322 e. The molecule has 1 aliphatic rings. The molecule has 1 heterocycles. The summed E-state index contributed by atoms with van der Waals surface area (Å²) in [5.74, 6) is -0.790. The van der Waals surface area contributed by atoms with Gasteiger partial charge in [-0.25, -0.2) is 17.5 Å². The molecule has 2 N–H and O–H groups in total. The van der Waals surface area contributed by atoms with E-state index in [2.05, 4.69) is 10.0 Å². The lowest BCUT2D eigenvalue weighted by atomic mass is 9.98. The Hall–Kier alpha value is -2.00. The Bertz CT molecular complexity index is 999. The fraction of sp³-hybridized carbons (Fsp3) is 0.381. The molecule has 9 heteroatoms. The van der Waals surface area contributed by atoms with Gasteiger partial charge in [0.1, 0.15) is 5.82 Å². The number of carbonyl (C=O) groups is 1. The molecule has 1 saturated heterocycles. The standard InChI is InChI=1S/C21H25ClFN3O3S/c1-15-4-7-18(8-5-15)30(28,29)24-12-16-3-2-10-26(13-16)14-21(27)25-20-11-17(22)6-9-19(20)23/h4-9,11,16,24H,2-3,10,12-14H2,1H3,(H,25,27). The predicted octanol–water partition coefficient (Wildman–Crippen LogP) is 3.42. The van der Waals surface area contributed by atoms with Crippen LogP contribution in [0.2, 0.25) is 5.02 Å². The van der Waals surface area contributed by atoms with Crippen LogP contribution in [0, 0.1) is 18.7 Å². The number of sulfonamides is 1. The molecule has 0 aromatic heterocycles. The maximum atomic E-state index is 13.8. The highest BCUT2D eigenvalue weighted by atomic mass is 35.5. The normalized spacial score (nSPS) is 17.6. The molecule has 0 spiro atoms. The number of halogens is 2. The van der Waals surface area contributed by atoms with Gasteiger partial charge in [-0.1, -0.05) is 29.3 Å². The van der Waals surface area contributed by atoms with Crippen molar-refractivity contribution >= 4 is 33.2 Å². The Balaban J connectivity index is 1.52. The van der Waals surface area contributed by atoms with Gasteiger partial charge in [0.2, 0.25) is 15.9 Å². The fourth-order valence-electron chi connectivity index (χ4n) is 3.48. The molecule has 2 aromatic carbocycles. The number of nitrogens with one attached hydrogen (secondary N) is 2. The number of benzene rings is 2. The molecule has 0 saturated carbocycles. The van der Waals surface area contributed by atoms with Gasteiger partial charge in [0.15, 0.2) is 0 Å². The Morgan fingerprint density at radius 3 is 2.70 bits per heavy atom. The van der Waals surface area contributed by atoms with E-state index in [-0.39, 0.29) is 29.0 Å². The number of nitrogens with zero attached hydrogens (tertiary/aromatic N) is 1. The molecule has 0 aliphatic carbocycles. The maximum absolute atomic E-state index is 13.8. The third-order valence-electron chi connectivity index (χ3n) is 5.07. The first-order valence-corrected chi connectivity index (χ1v) is 11.6. The zero-order chi connectivity index (χ0) is 21.7. The van der Waals surface area contributed by atoms with E-state index >= 15 is 0 Å². The summed E-state index contributed by atoms with van der Waals surface area (Å²) < 4.78 is 41.4. The fourth-order valence-corrected chi connectivity index (χ4v) is 4.76. The molecule has 162 valence electrons. The van der Waals surface area contributed by atoms with Crippen molar-refractivity contribution in [3.05, 3.63) is 58.9 Å². The first-order valence-electron chi connectivity index (χ1n) is 9.76. The summed E-state index contributed by atoms with van der Waals surface area (Å²) in [7, 11) is -3.57. The van der Waals surface area contributed by atoms with Crippen LogP contribution in [0.15, 0.2) is 47.4 Å². The van der Waals surface area contributed by atoms with Crippen LogP contribution in [-0.2, 0) is 14.8 Å². The molecule has 3 rings (SSSR count). The number of amides is 1. The topological polar surface area (TPSA) is 78.5 Å². The van der Waals surface area contributed by atoms with E-state index < -0.39 is 15.8 Å². The van der Waals surface area contributed by atoms with Crippen molar-refractivity contribution < 1.29 is 17.6 Å². The van der Waals surface area contributed by atoms with Gasteiger partial charge in [0.25, 0.3) is 0 Å². The van der Waals surface area contributed by atoms with E-state index in [0.29, 0.717) is 18.1 Å². The summed E-state index contributed by atoms with van der Waals surface area (Å²) in [6.45, 7) is 3.62. The highest BCUT2D eigenvalue weighted by molar-refractivity contribution is 7.89. The lowest BCUT2D eigenvalue weighted by Crippen LogP contribution is -2.43. The van der Waals surface area contributed by atoms with Gasteiger partial charge in [0.05, 0.1) is 17.1 Å². The van der Waals surface area contributed by atoms with Crippen LogP contribution >= 0.6 is 11.6 Å². The number of piperidine rings is 1. The molecular weight excluding hydrogens is 429 g/mol. The van der Waals surface area contributed by atoms with Crippen LogP contribution in [-0.4, -0.2) is 45.4 Å². The molecule has 2 aromatic rings.